The van der Waals surface area contributed by atoms with Gasteiger partial charge in [-0.3, -0.25) is 14.2 Å². The van der Waals surface area contributed by atoms with Crippen molar-refractivity contribution in [3.05, 3.63) is 91.7 Å². The van der Waals surface area contributed by atoms with Crippen LogP contribution in [0.4, 0.5) is 0 Å². The summed E-state index contributed by atoms with van der Waals surface area (Å²) in [6, 6.07) is 14.4. The van der Waals surface area contributed by atoms with Crippen LogP contribution in [-0.4, -0.2) is 44.3 Å². The zero-order valence-corrected chi connectivity index (χ0v) is 19.3. The maximum absolute atomic E-state index is 12.3. The fourth-order valence-corrected chi connectivity index (χ4v) is 4.42. The maximum Gasteiger partial charge on any atom is 0.255 e. The van der Waals surface area contributed by atoms with E-state index < -0.39 is 0 Å². The number of hydrogen-bond donors (Lipinski definition) is 0. The smallest absolute Gasteiger partial charge is 0.255 e. The monoisotopic (exact) mass is 467 g/mol. The first-order valence-electron chi connectivity index (χ1n) is 10.1. The largest absolute Gasteiger partial charge is 0.305 e. The van der Waals surface area contributed by atoms with Crippen LogP contribution in [0.25, 0.3) is 11.4 Å². The predicted molar refractivity (Wildman–Crippen MR) is 126 cm³/mol. The normalized spacial score (nSPS) is 11.2. The van der Waals surface area contributed by atoms with Crippen molar-refractivity contribution in [2.24, 2.45) is 0 Å². The molecule has 0 N–H and O–H groups in total. The quantitative estimate of drug-likeness (QED) is 0.366. The van der Waals surface area contributed by atoms with E-state index in [9.17, 15) is 9.59 Å². The van der Waals surface area contributed by atoms with E-state index in [1.54, 1.807) is 33.6 Å². The number of pyridine rings is 1. The predicted octanol–water partition coefficient (Wildman–Crippen LogP) is 4.01. The van der Waals surface area contributed by atoms with Crippen molar-refractivity contribution >= 4 is 28.7 Å². The fraction of sp³-hybridized carbons (Fsp3) is 0.217. The van der Waals surface area contributed by atoms with Crippen molar-refractivity contribution in [1.82, 2.24) is 24.5 Å². The number of aryl methyl sites for hydroxylation is 1. The minimum atomic E-state index is -0.0872. The van der Waals surface area contributed by atoms with Crippen LogP contribution in [0.5, 0.6) is 0 Å². The molecule has 3 aromatic heterocycles. The molecule has 0 saturated carbocycles. The lowest BCUT2D eigenvalue weighted by Gasteiger charge is -2.16. The number of aromatic nitrogens is 4. The molecule has 0 spiro atoms. The highest BCUT2D eigenvalue weighted by Gasteiger charge is 2.13. The van der Waals surface area contributed by atoms with Gasteiger partial charge in [0.2, 0.25) is 0 Å². The van der Waals surface area contributed by atoms with E-state index in [-0.39, 0.29) is 11.3 Å². The van der Waals surface area contributed by atoms with Gasteiger partial charge in [0, 0.05) is 37.3 Å². The molecule has 0 amide bonds. The zero-order chi connectivity index (χ0) is 22.7. The Hall–Kier alpha value is -3.07. The Bertz CT molecular complexity index is 1310. The van der Waals surface area contributed by atoms with E-state index in [4.69, 9.17) is 11.6 Å². The number of thiophene rings is 1. The van der Waals surface area contributed by atoms with Crippen LogP contribution in [-0.2, 0) is 13.0 Å². The first-order valence-corrected chi connectivity index (χ1v) is 11.3. The summed E-state index contributed by atoms with van der Waals surface area (Å²) >= 11 is 7.21. The first kappa shape index (κ1) is 22.1. The second-order valence-corrected chi connectivity index (χ2v) is 9.36. The second kappa shape index (κ2) is 9.60. The lowest BCUT2D eigenvalue weighted by Crippen LogP contribution is -2.18. The number of nitrogens with zero attached hydrogens (tertiary/aromatic N) is 5. The Morgan fingerprint density at radius 2 is 2.00 bits per heavy atom. The number of carbonyl (C=O) groups excluding carboxylic acids is 1. The summed E-state index contributed by atoms with van der Waals surface area (Å²) in [4.78, 5) is 27.3. The average Bonchev–Trinajstić information content (AvgIpc) is 3.41. The molecule has 0 bridgehead atoms. The first-order chi connectivity index (χ1) is 15.4. The van der Waals surface area contributed by atoms with E-state index in [1.807, 2.05) is 44.6 Å². The van der Waals surface area contributed by atoms with Crippen LogP contribution >= 0.6 is 22.9 Å². The van der Waals surface area contributed by atoms with Crippen LogP contribution < -0.4 is 5.56 Å². The van der Waals surface area contributed by atoms with Gasteiger partial charge in [0.25, 0.3) is 5.56 Å². The van der Waals surface area contributed by atoms with Crippen LogP contribution in [0.3, 0.4) is 0 Å². The lowest BCUT2D eigenvalue weighted by molar-refractivity contribution is 0.0986. The Labute approximate surface area is 194 Å². The van der Waals surface area contributed by atoms with E-state index in [1.165, 1.54) is 17.4 Å². The third kappa shape index (κ3) is 5.04. The molecule has 0 aliphatic carbocycles. The third-order valence-corrected chi connectivity index (χ3v) is 6.17. The number of halogens is 1. The van der Waals surface area contributed by atoms with Gasteiger partial charge >= 0.3 is 0 Å². The number of hydrogen-bond acceptors (Lipinski definition) is 6. The summed E-state index contributed by atoms with van der Waals surface area (Å²) in [5.41, 5.74) is 3.32. The lowest BCUT2D eigenvalue weighted by atomic mass is 10.1. The van der Waals surface area contributed by atoms with Crippen LogP contribution in [0, 0.1) is 0 Å². The fourth-order valence-electron chi connectivity index (χ4n) is 3.41. The van der Waals surface area contributed by atoms with Gasteiger partial charge in [-0.15, -0.1) is 16.4 Å². The Balaban J connectivity index is 1.57. The maximum atomic E-state index is 12.3. The highest BCUT2D eigenvalue weighted by Crippen LogP contribution is 2.23. The summed E-state index contributed by atoms with van der Waals surface area (Å²) < 4.78 is 3.94. The number of ketones is 1. The van der Waals surface area contributed by atoms with Crippen molar-refractivity contribution in [3.8, 4) is 11.4 Å². The molecular weight excluding hydrogens is 446 g/mol. The van der Waals surface area contributed by atoms with Crippen molar-refractivity contribution in [2.75, 3.05) is 14.1 Å². The van der Waals surface area contributed by atoms with Crippen molar-refractivity contribution in [2.45, 2.75) is 19.4 Å². The summed E-state index contributed by atoms with van der Waals surface area (Å²) in [5.74, 6) is 0.0439. The van der Waals surface area contributed by atoms with Gasteiger partial charge in [0.15, 0.2) is 5.78 Å². The molecule has 0 aliphatic rings. The molecular formula is C23H22ClN5O2S. The minimum absolute atomic E-state index is 0.0439. The van der Waals surface area contributed by atoms with Crippen LogP contribution in [0.1, 0.15) is 27.3 Å². The molecule has 0 fully saturated rings. The van der Waals surface area contributed by atoms with Gasteiger partial charge in [-0.1, -0.05) is 22.9 Å². The van der Waals surface area contributed by atoms with Gasteiger partial charge in [-0.05, 0) is 56.1 Å². The molecule has 0 aliphatic heterocycles. The van der Waals surface area contributed by atoms with Gasteiger partial charge in [-0.25, -0.2) is 4.68 Å². The number of rotatable bonds is 8. The van der Waals surface area contributed by atoms with Crippen molar-refractivity contribution in [3.63, 3.8) is 0 Å². The molecule has 4 aromatic rings. The summed E-state index contributed by atoms with van der Waals surface area (Å²) in [6.07, 6.45) is 4.44. The van der Waals surface area contributed by atoms with Crippen LogP contribution in [0.15, 0.2) is 65.7 Å². The summed E-state index contributed by atoms with van der Waals surface area (Å²) in [7, 11) is 3.97. The molecule has 1 aromatic carbocycles. The highest BCUT2D eigenvalue weighted by atomic mass is 35.5. The van der Waals surface area contributed by atoms with Gasteiger partial charge < -0.3 is 4.90 Å². The summed E-state index contributed by atoms with van der Waals surface area (Å²) in [5, 5.41) is 8.53. The van der Waals surface area contributed by atoms with Crippen molar-refractivity contribution < 1.29 is 4.79 Å². The Morgan fingerprint density at radius 3 is 2.72 bits per heavy atom. The number of Topliss-reactive ketones (excluding diaryl/α,β-unsaturated/α-hetero) is 1. The molecule has 4 rings (SSSR count). The average molecular weight is 468 g/mol. The zero-order valence-electron chi connectivity index (χ0n) is 17.7. The van der Waals surface area contributed by atoms with Crippen LogP contribution in [0.2, 0.25) is 4.34 Å². The topological polar surface area (TPSA) is 73.0 Å². The number of carbonyl (C=O) groups is 1. The minimum Gasteiger partial charge on any atom is -0.305 e. The molecule has 0 saturated heterocycles. The SMILES string of the molecule is CN(C)Cc1cc(-n2ccccc2=O)ccc1-n1cc(CCC(=O)c2ccc(Cl)s2)nn1. The molecule has 0 radical (unpaired) electrons. The molecule has 164 valence electrons. The summed E-state index contributed by atoms with van der Waals surface area (Å²) in [6.45, 7) is 0.664. The Kier molecular flexibility index (Phi) is 6.64. The van der Waals surface area contributed by atoms with E-state index in [0.717, 1.165) is 22.6 Å². The van der Waals surface area contributed by atoms with Gasteiger partial charge in [0.1, 0.15) is 0 Å². The highest BCUT2D eigenvalue weighted by molar-refractivity contribution is 7.18. The third-order valence-electron chi connectivity index (χ3n) is 4.89. The number of benzene rings is 1. The van der Waals surface area contributed by atoms with Gasteiger partial charge in [0.05, 0.1) is 26.8 Å². The molecule has 3 heterocycles. The molecule has 0 unspecified atom stereocenters. The van der Waals surface area contributed by atoms with E-state index in [2.05, 4.69) is 15.2 Å². The molecule has 9 heteroatoms. The molecule has 32 heavy (non-hydrogen) atoms. The standard InChI is InChI=1S/C23H22ClN5O2S/c1-27(2)14-16-13-18(28-12-4-3-5-23(28)31)7-8-19(16)29-15-17(25-26-29)6-9-20(30)21-10-11-22(24)32-21/h3-5,7-8,10-13,15H,6,9,14H2,1-2H3. The molecule has 7 nitrogen and oxygen atoms in total. The Morgan fingerprint density at radius 1 is 1.16 bits per heavy atom. The second-order valence-electron chi connectivity index (χ2n) is 7.64. The van der Waals surface area contributed by atoms with E-state index >= 15 is 0 Å². The van der Waals surface area contributed by atoms with E-state index in [0.29, 0.717) is 28.6 Å². The molecule has 0 atom stereocenters. The van der Waals surface area contributed by atoms with Crippen molar-refractivity contribution in [1.29, 1.82) is 0 Å². The van der Waals surface area contributed by atoms with Gasteiger partial charge in [-0.2, -0.15) is 0 Å².